The number of hydrogen-bond acceptors (Lipinski definition) is 4. The Labute approximate surface area is 204 Å². The van der Waals surface area contributed by atoms with Gasteiger partial charge in [-0.15, -0.1) is 0 Å². The van der Waals surface area contributed by atoms with E-state index in [0.717, 1.165) is 43.3 Å². The van der Waals surface area contributed by atoms with E-state index < -0.39 is 11.7 Å². The van der Waals surface area contributed by atoms with Gasteiger partial charge in [-0.1, -0.05) is 48.0 Å². The normalized spacial score (nSPS) is 16.2. The second kappa shape index (κ2) is 11.7. The van der Waals surface area contributed by atoms with Gasteiger partial charge in [0.15, 0.2) is 0 Å². The van der Waals surface area contributed by atoms with Crippen molar-refractivity contribution in [3.05, 3.63) is 95.3 Å². The highest BCUT2D eigenvalue weighted by molar-refractivity contribution is 5.35. The van der Waals surface area contributed by atoms with E-state index in [1.807, 2.05) is 18.2 Å². The Morgan fingerprint density at radius 1 is 0.971 bits per heavy atom. The first-order chi connectivity index (χ1) is 16.9. The lowest BCUT2D eigenvalue weighted by Gasteiger charge is -2.32. The Kier molecular flexibility index (Phi) is 8.42. The maximum atomic E-state index is 13.1. The number of hydrogen-bond donors (Lipinski definition) is 0. The molecular formula is C28H31F3N2O2. The highest BCUT2D eigenvalue weighted by Crippen LogP contribution is 2.36. The SMILES string of the molecule is Cc1ccc([C@@H](OCC2CCN(CCOc3ccccc3C(F)(F)F)CC2)c2ccccn2)cc1. The third kappa shape index (κ3) is 7.05. The van der Waals surface area contributed by atoms with E-state index in [1.165, 1.54) is 17.7 Å². The van der Waals surface area contributed by atoms with Crippen LogP contribution >= 0.6 is 0 Å². The molecule has 0 unspecified atom stereocenters. The summed E-state index contributed by atoms with van der Waals surface area (Å²) in [5, 5.41) is 0. The highest BCUT2D eigenvalue weighted by atomic mass is 19.4. The zero-order valence-electron chi connectivity index (χ0n) is 19.9. The quantitative estimate of drug-likeness (QED) is 0.357. The first kappa shape index (κ1) is 25.2. The summed E-state index contributed by atoms with van der Waals surface area (Å²) < 4.78 is 51.3. The van der Waals surface area contributed by atoms with Crippen molar-refractivity contribution in [2.75, 3.05) is 32.8 Å². The lowest BCUT2D eigenvalue weighted by Crippen LogP contribution is -2.37. The number of aryl methyl sites for hydroxylation is 1. The molecule has 3 aromatic rings. The maximum Gasteiger partial charge on any atom is 0.419 e. The number of piperidine rings is 1. The molecule has 0 aliphatic carbocycles. The highest BCUT2D eigenvalue weighted by Gasteiger charge is 2.34. The van der Waals surface area contributed by atoms with Crippen LogP contribution in [-0.2, 0) is 10.9 Å². The number of benzene rings is 2. The number of likely N-dealkylation sites (tertiary alicyclic amines) is 1. The Hall–Kier alpha value is -2.90. The number of ether oxygens (including phenoxy) is 2. The van der Waals surface area contributed by atoms with Gasteiger partial charge >= 0.3 is 6.18 Å². The molecule has 0 amide bonds. The molecule has 1 aliphatic rings. The molecule has 0 N–H and O–H groups in total. The van der Waals surface area contributed by atoms with Crippen molar-refractivity contribution < 1.29 is 22.6 Å². The van der Waals surface area contributed by atoms with Crippen LogP contribution in [0.3, 0.4) is 0 Å². The maximum absolute atomic E-state index is 13.1. The van der Waals surface area contributed by atoms with E-state index >= 15 is 0 Å². The second-order valence-electron chi connectivity index (χ2n) is 9.01. The molecule has 1 saturated heterocycles. The third-order valence-electron chi connectivity index (χ3n) is 6.40. The van der Waals surface area contributed by atoms with E-state index in [0.29, 0.717) is 19.1 Å². The van der Waals surface area contributed by atoms with Crippen LogP contribution in [0.15, 0.2) is 72.9 Å². The summed E-state index contributed by atoms with van der Waals surface area (Å²) >= 11 is 0. The first-order valence-corrected chi connectivity index (χ1v) is 12.0. The van der Waals surface area contributed by atoms with Gasteiger partial charge in [-0.3, -0.25) is 9.88 Å². The standard InChI is InChI=1S/C28H31F3N2O2/c1-21-9-11-23(12-10-21)27(25-7-4-5-15-32-25)35-20-22-13-16-33(17-14-22)18-19-34-26-8-3-2-6-24(26)28(29,30)31/h2-12,15,22,27H,13-14,16-20H2,1H3/t27-/m1/s1. The van der Waals surface area contributed by atoms with E-state index in [9.17, 15) is 13.2 Å². The van der Waals surface area contributed by atoms with Gasteiger partial charge in [0.05, 0.1) is 17.9 Å². The van der Waals surface area contributed by atoms with Gasteiger partial charge in [-0.25, -0.2) is 0 Å². The Morgan fingerprint density at radius 3 is 2.37 bits per heavy atom. The Morgan fingerprint density at radius 2 is 1.69 bits per heavy atom. The van der Waals surface area contributed by atoms with Crippen LogP contribution < -0.4 is 4.74 Å². The molecular weight excluding hydrogens is 453 g/mol. The molecule has 1 atom stereocenters. The van der Waals surface area contributed by atoms with Gasteiger partial charge in [-0.05, 0) is 68.6 Å². The molecule has 2 aromatic carbocycles. The molecule has 7 heteroatoms. The van der Waals surface area contributed by atoms with Crippen LogP contribution in [0, 0.1) is 12.8 Å². The molecule has 2 heterocycles. The van der Waals surface area contributed by atoms with Crippen molar-refractivity contribution in [1.82, 2.24) is 9.88 Å². The van der Waals surface area contributed by atoms with Gasteiger partial charge < -0.3 is 9.47 Å². The molecule has 0 spiro atoms. The molecule has 0 bridgehead atoms. The average Bonchev–Trinajstić information content (AvgIpc) is 2.86. The fourth-order valence-electron chi connectivity index (χ4n) is 4.35. The number of rotatable bonds is 9. The van der Waals surface area contributed by atoms with Crippen molar-refractivity contribution in [1.29, 1.82) is 0 Å². The number of pyridine rings is 1. The lowest BCUT2D eigenvalue weighted by atomic mass is 9.97. The van der Waals surface area contributed by atoms with Crippen LogP contribution in [0.1, 0.15) is 41.3 Å². The zero-order valence-corrected chi connectivity index (χ0v) is 19.9. The number of nitrogens with zero attached hydrogens (tertiary/aromatic N) is 2. The number of alkyl halides is 3. The Balaban J connectivity index is 1.25. The second-order valence-corrected chi connectivity index (χ2v) is 9.01. The van der Waals surface area contributed by atoms with Gasteiger partial charge in [0, 0.05) is 12.7 Å². The van der Waals surface area contributed by atoms with Crippen molar-refractivity contribution in [2.24, 2.45) is 5.92 Å². The van der Waals surface area contributed by atoms with Crippen molar-refractivity contribution in [2.45, 2.75) is 32.0 Å². The summed E-state index contributed by atoms with van der Waals surface area (Å²) in [5.74, 6) is 0.315. The fourth-order valence-corrected chi connectivity index (χ4v) is 4.35. The van der Waals surface area contributed by atoms with Crippen LogP contribution in [0.2, 0.25) is 0 Å². The van der Waals surface area contributed by atoms with Crippen LogP contribution in [0.5, 0.6) is 5.75 Å². The minimum Gasteiger partial charge on any atom is -0.492 e. The van der Waals surface area contributed by atoms with E-state index in [2.05, 4.69) is 41.1 Å². The number of halogens is 3. The molecule has 0 radical (unpaired) electrons. The van der Waals surface area contributed by atoms with Crippen LogP contribution in [-0.4, -0.2) is 42.7 Å². The molecule has 186 valence electrons. The molecule has 0 saturated carbocycles. The summed E-state index contributed by atoms with van der Waals surface area (Å²) in [6.45, 7) is 5.27. The predicted molar refractivity (Wildman–Crippen MR) is 129 cm³/mol. The molecule has 35 heavy (non-hydrogen) atoms. The molecule has 4 rings (SSSR count). The Bertz CT molecular complexity index is 1050. The lowest BCUT2D eigenvalue weighted by molar-refractivity contribution is -0.139. The summed E-state index contributed by atoms with van der Waals surface area (Å²) in [6, 6.07) is 19.6. The number of aromatic nitrogens is 1. The summed E-state index contributed by atoms with van der Waals surface area (Å²) in [6.07, 6.45) is -0.894. The average molecular weight is 485 g/mol. The summed E-state index contributed by atoms with van der Waals surface area (Å²) in [4.78, 5) is 6.76. The van der Waals surface area contributed by atoms with E-state index in [-0.39, 0.29) is 18.5 Å². The minimum atomic E-state index is -4.42. The zero-order chi connectivity index (χ0) is 24.7. The topological polar surface area (TPSA) is 34.6 Å². The molecule has 1 fully saturated rings. The molecule has 4 nitrogen and oxygen atoms in total. The van der Waals surface area contributed by atoms with Gasteiger partial charge in [-0.2, -0.15) is 13.2 Å². The van der Waals surface area contributed by atoms with Gasteiger partial charge in [0.25, 0.3) is 0 Å². The largest absolute Gasteiger partial charge is 0.492 e. The van der Waals surface area contributed by atoms with Gasteiger partial charge in [0.2, 0.25) is 0 Å². The predicted octanol–water partition coefficient (Wildman–Crippen LogP) is 6.31. The third-order valence-corrected chi connectivity index (χ3v) is 6.40. The summed E-state index contributed by atoms with van der Waals surface area (Å²) in [7, 11) is 0. The van der Waals surface area contributed by atoms with Crippen molar-refractivity contribution >= 4 is 0 Å². The number of para-hydroxylation sites is 1. The van der Waals surface area contributed by atoms with Crippen molar-refractivity contribution in [3.63, 3.8) is 0 Å². The first-order valence-electron chi connectivity index (χ1n) is 12.0. The van der Waals surface area contributed by atoms with Gasteiger partial charge in [0.1, 0.15) is 18.5 Å². The van der Waals surface area contributed by atoms with Crippen LogP contribution in [0.4, 0.5) is 13.2 Å². The van der Waals surface area contributed by atoms with E-state index in [4.69, 9.17) is 9.47 Å². The molecule has 1 aromatic heterocycles. The smallest absolute Gasteiger partial charge is 0.419 e. The van der Waals surface area contributed by atoms with E-state index in [1.54, 1.807) is 12.3 Å². The van der Waals surface area contributed by atoms with Crippen molar-refractivity contribution in [3.8, 4) is 5.75 Å². The fraction of sp³-hybridized carbons (Fsp3) is 0.393. The minimum absolute atomic E-state index is 0.111. The molecule has 1 aliphatic heterocycles. The van der Waals surface area contributed by atoms with Crippen LogP contribution in [0.25, 0.3) is 0 Å². The monoisotopic (exact) mass is 484 g/mol. The summed E-state index contributed by atoms with van der Waals surface area (Å²) in [5.41, 5.74) is 2.45.